The van der Waals surface area contributed by atoms with Gasteiger partial charge >= 0.3 is 0 Å². The number of quaternary nitrogens is 2. The Kier molecular flexibility index (Phi) is 5.77. The van der Waals surface area contributed by atoms with Gasteiger partial charge in [0.25, 0.3) is 5.91 Å². The highest BCUT2D eigenvalue weighted by molar-refractivity contribution is 6.30. The number of fused-ring (bicyclic) bond motifs is 1. The molecule has 0 spiro atoms. The molecule has 0 bridgehead atoms. The van der Waals surface area contributed by atoms with Crippen LogP contribution < -0.4 is 9.80 Å². The summed E-state index contributed by atoms with van der Waals surface area (Å²) < 4.78 is 0. The van der Waals surface area contributed by atoms with Gasteiger partial charge in [0.05, 0.1) is 0 Å². The molecule has 2 aliphatic rings. The Labute approximate surface area is 166 Å². The molecule has 4 nitrogen and oxygen atoms in total. The largest absolute Gasteiger partial charge is 0.333 e. The lowest BCUT2D eigenvalue weighted by molar-refractivity contribution is -1.02. The Bertz CT molecular complexity index is 802. The number of rotatable bonds is 4. The van der Waals surface area contributed by atoms with E-state index < -0.39 is 0 Å². The van der Waals surface area contributed by atoms with Gasteiger partial charge in [-0.3, -0.25) is 4.79 Å². The van der Waals surface area contributed by atoms with E-state index in [-0.39, 0.29) is 0 Å². The van der Waals surface area contributed by atoms with Crippen molar-refractivity contribution in [3.63, 3.8) is 0 Å². The van der Waals surface area contributed by atoms with Crippen molar-refractivity contribution < 1.29 is 14.6 Å². The van der Waals surface area contributed by atoms with E-state index in [0.717, 1.165) is 57.3 Å². The molecule has 0 aliphatic carbocycles. The lowest BCUT2D eigenvalue weighted by Crippen LogP contribution is -3.28. The molecule has 1 saturated heterocycles. The molecule has 2 heterocycles. The Hall–Kier alpha value is -1.88. The normalized spacial score (nSPS) is 22.3. The minimum atomic E-state index is 0.304. The number of carbonyl (C=O) groups excluding carboxylic acids is 1. The number of amides is 1. The molecule has 142 valence electrons. The predicted molar refractivity (Wildman–Crippen MR) is 107 cm³/mol. The monoisotopic (exact) mass is 385 g/mol. The van der Waals surface area contributed by atoms with E-state index in [9.17, 15) is 4.79 Å². The third-order valence-electron chi connectivity index (χ3n) is 5.89. The van der Waals surface area contributed by atoms with Crippen molar-refractivity contribution in [3.8, 4) is 0 Å². The highest BCUT2D eigenvalue weighted by Crippen LogP contribution is 2.18. The summed E-state index contributed by atoms with van der Waals surface area (Å²) in [5.41, 5.74) is 4.00. The molecule has 1 fully saturated rings. The van der Waals surface area contributed by atoms with Crippen molar-refractivity contribution in [2.75, 3.05) is 39.3 Å². The summed E-state index contributed by atoms with van der Waals surface area (Å²) >= 11 is 6.09. The second kappa shape index (κ2) is 8.42. The van der Waals surface area contributed by atoms with Crippen molar-refractivity contribution in [1.29, 1.82) is 0 Å². The standard InChI is InChI=1S/C22H26ClN3O/c23-21-7-3-4-18(14-21)15-24-10-12-25(13-11-24)17-22(27)26-9-8-19-5-1-2-6-20(19)16-26/h1-7,14H,8-13,15-17H2/p+2. The fourth-order valence-electron chi connectivity index (χ4n) is 4.28. The summed E-state index contributed by atoms with van der Waals surface area (Å²) in [6.07, 6.45) is 0.981. The van der Waals surface area contributed by atoms with E-state index in [0.29, 0.717) is 12.5 Å². The first-order valence-electron chi connectivity index (χ1n) is 9.93. The molecule has 27 heavy (non-hydrogen) atoms. The minimum absolute atomic E-state index is 0.304. The molecule has 0 saturated carbocycles. The number of nitrogens with one attached hydrogen (secondary N) is 2. The zero-order chi connectivity index (χ0) is 18.6. The maximum absolute atomic E-state index is 12.8. The van der Waals surface area contributed by atoms with Gasteiger partial charge in [-0.15, -0.1) is 0 Å². The van der Waals surface area contributed by atoms with Crippen molar-refractivity contribution in [2.45, 2.75) is 19.5 Å². The van der Waals surface area contributed by atoms with Crippen LogP contribution in [0.1, 0.15) is 16.7 Å². The zero-order valence-electron chi connectivity index (χ0n) is 15.7. The van der Waals surface area contributed by atoms with Crippen LogP contribution in [0.25, 0.3) is 0 Å². The Morgan fingerprint density at radius 1 is 0.963 bits per heavy atom. The summed E-state index contributed by atoms with van der Waals surface area (Å²) in [6, 6.07) is 16.7. The Morgan fingerprint density at radius 2 is 1.70 bits per heavy atom. The molecule has 0 aromatic heterocycles. The first-order chi connectivity index (χ1) is 13.2. The van der Waals surface area contributed by atoms with Crippen LogP contribution in [-0.2, 0) is 24.3 Å². The van der Waals surface area contributed by atoms with Crippen molar-refractivity contribution in [2.24, 2.45) is 0 Å². The van der Waals surface area contributed by atoms with E-state index in [4.69, 9.17) is 11.6 Å². The van der Waals surface area contributed by atoms with Gasteiger partial charge in [-0.1, -0.05) is 48.0 Å². The fourth-order valence-corrected chi connectivity index (χ4v) is 4.49. The third kappa shape index (κ3) is 4.70. The van der Waals surface area contributed by atoms with Gasteiger partial charge in [-0.2, -0.15) is 0 Å². The summed E-state index contributed by atoms with van der Waals surface area (Å²) in [4.78, 5) is 17.8. The molecule has 0 atom stereocenters. The third-order valence-corrected chi connectivity index (χ3v) is 6.13. The Morgan fingerprint density at radius 3 is 2.48 bits per heavy atom. The van der Waals surface area contributed by atoms with Crippen LogP contribution in [0.2, 0.25) is 5.02 Å². The van der Waals surface area contributed by atoms with Crippen molar-refractivity contribution >= 4 is 17.5 Å². The summed E-state index contributed by atoms with van der Waals surface area (Å²) in [7, 11) is 0. The van der Waals surface area contributed by atoms with E-state index in [1.54, 1.807) is 4.90 Å². The number of halogens is 1. The summed E-state index contributed by atoms with van der Waals surface area (Å²) in [6.45, 7) is 7.62. The first-order valence-corrected chi connectivity index (χ1v) is 10.3. The second-order valence-electron chi connectivity index (χ2n) is 7.82. The molecular weight excluding hydrogens is 358 g/mol. The van der Waals surface area contributed by atoms with E-state index in [2.05, 4.69) is 36.4 Å². The summed E-state index contributed by atoms with van der Waals surface area (Å²) in [5, 5.41) is 0.810. The van der Waals surface area contributed by atoms with Gasteiger partial charge < -0.3 is 14.7 Å². The second-order valence-corrected chi connectivity index (χ2v) is 8.25. The molecule has 1 amide bonds. The quantitative estimate of drug-likeness (QED) is 0.774. The van der Waals surface area contributed by atoms with Crippen LogP contribution >= 0.6 is 11.6 Å². The van der Waals surface area contributed by atoms with Gasteiger partial charge in [-0.05, 0) is 29.7 Å². The van der Waals surface area contributed by atoms with E-state index in [1.807, 2.05) is 17.0 Å². The predicted octanol–water partition coefficient (Wildman–Crippen LogP) is 0.208. The lowest BCUT2D eigenvalue weighted by atomic mass is 10.00. The smallest absolute Gasteiger partial charge is 0.278 e. The first kappa shape index (κ1) is 18.5. The van der Waals surface area contributed by atoms with Gasteiger partial charge in [-0.25, -0.2) is 0 Å². The molecule has 0 unspecified atom stereocenters. The van der Waals surface area contributed by atoms with Crippen LogP contribution in [0, 0.1) is 0 Å². The molecule has 2 aromatic rings. The van der Waals surface area contributed by atoms with E-state index >= 15 is 0 Å². The van der Waals surface area contributed by atoms with Crippen LogP contribution in [0.15, 0.2) is 48.5 Å². The topological polar surface area (TPSA) is 29.2 Å². The van der Waals surface area contributed by atoms with Crippen molar-refractivity contribution in [3.05, 3.63) is 70.2 Å². The van der Waals surface area contributed by atoms with Crippen LogP contribution in [0.4, 0.5) is 0 Å². The van der Waals surface area contributed by atoms with Gasteiger partial charge in [0.1, 0.15) is 32.7 Å². The highest BCUT2D eigenvalue weighted by Gasteiger charge is 2.28. The summed E-state index contributed by atoms with van der Waals surface area (Å²) in [5.74, 6) is 0.304. The molecule has 4 rings (SSSR count). The number of carbonyl (C=O) groups is 1. The fraction of sp³-hybridized carbons (Fsp3) is 0.409. The maximum atomic E-state index is 12.8. The molecule has 2 aromatic carbocycles. The van der Waals surface area contributed by atoms with E-state index in [1.165, 1.54) is 21.6 Å². The lowest BCUT2D eigenvalue weighted by Gasteiger charge is -2.32. The highest BCUT2D eigenvalue weighted by atomic mass is 35.5. The van der Waals surface area contributed by atoms with Crippen LogP contribution in [0.5, 0.6) is 0 Å². The molecule has 2 N–H and O–H groups in total. The van der Waals surface area contributed by atoms with Gasteiger partial charge in [0.2, 0.25) is 0 Å². The maximum Gasteiger partial charge on any atom is 0.278 e. The number of hydrogen-bond donors (Lipinski definition) is 2. The zero-order valence-corrected chi connectivity index (χ0v) is 16.5. The average molecular weight is 386 g/mol. The average Bonchev–Trinajstić information content (AvgIpc) is 2.69. The number of benzene rings is 2. The van der Waals surface area contributed by atoms with Crippen LogP contribution in [-0.4, -0.2) is 50.1 Å². The number of nitrogens with zero attached hydrogens (tertiary/aromatic N) is 1. The number of hydrogen-bond acceptors (Lipinski definition) is 1. The number of piperazine rings is 1. The van der Waals surface area contributed by atoms with Gasteiger partial charge in [0, 0.05) is 23.7 Å². The SMILES string of the molecule is O=C(C[NH+]1CC[NH+](Cc2cccc(Cl)c2)CC1)N1CCc2ccccc2C1. The van der Waals surface area contributed by atoms with Crippen LogP contribution in [0.3, 0.4) is 0 Å². The molecule has 2 aliphatic heterocycles. The van der Waals surface area contributed by atoms with Gasteiger partial charge in [0.15, 0.2) is 6.54 Å². The minimum Gasteiger partial charge on any atom is -0.333 e. The molecule has 0 radical (unpaired) electrons. The molecular formula is C22H28ClN3O+2. The van der Waals surface area contributed by atoms with Crippen molar-refractivity contribution in [1.82, 2.24) is 4.90 Å². The molecule has 5 heteroatoms. The Balaban J connectivity index is 1.25.